The summed E-state index contributed by atoms with van der Waals surface area (Å²) in [5.74, 6) is 1.03. The highest BCUT2D eigenvalue weighted by atomic mass is 16.4. The second kappa shape index (κ2) is 5.96. The van der Waals surface area contributed by atoms with E-state index in [2.05, 4.69) is 22.2 Å². The Morgan fingerprint density at radius 1 is 1.24 bits per heavy atom. The number of piperidine rings is 1. The zero-order valence-corrected chi connectivity index (χ0v) is 12.8. The van der Waals surface area contributed by atoms with E-state index in [1.165, 1.54) is 38.5 Å². The fourth-order valence-corrected chi connectivity index (χ4v) is 4.08. The standard InChI is InChI=1S/C17H25N3O/c1-12-8-9-16(14(11-12)17(18)19-21)20-10-4-6-13-5-2-3-7-15(13)20/h8-9,11,13,15,21H,2-7,10H2,1H3,(H2,18,19)/t13-,15-/m1/s1. The number of anilines is 1. The number of nitrogens with zero attached hydrogens (tertiary/aromatic N) is 2. The minimum absolute atomic E-state index is 0.214. The smallest absolute Gasteiger partial charge is 0.172 e. The molecule has 2 fully saturated rings. The molecule has 0 amide bonds. The Labute approximate surface area is 126 Å². The number of hydrogen-bond donors (Lipinski definition) is 2. The molecule has 0 aromatic heterocycles. The lowest BCUT2D eigenvalue weighted by atomic mass is 9.78. The number of hydrogen-bond acceptors (Lipinski definition) is 3. The summed E-state index contributed by atoms with van der Waals surface area (Å²) in [5, 5.41) is 12.3. The topological polar surface area (TPSA) is 61.8 Å². The minimum Gasteiger partial charge on any atom is -0.409 e. The third-order valence-electron chi connectivity index (χ3n) is 5.09. The van der Waals surface area contributed by atoms with Crippen molar-refractivity contribution in [1.82, 2.24) is 0 Å². The number of aryl methyl sites for hydroxylation is 1. The van der Waals surface area contributed by atoms with Crippen LogP contribution in [0.2, 0.25) is 0 Å². The summed E-state index contributed by atoms with van der Waals surface area (Å²) in [5.41, 5.74) is 9.05. The molecule has 1 heterocycles. The molecular formula is C17H25N3O. The van der Waals surface area contributed by atoms with Crippen LogP contribution in [0, 0.1) is 12.8 Å². The summed E-state index contributed by atoms with van der Waals surface area (Å²) >= 11 is 0. The molecule has 2 aliphatic rings. The molecule has 4 nitrogen and oxygen atoms in total. The van der Waals surface area contributed by atoms with Crippen LogP contribution in [0.1, 0.15) is 49.7 Å². The second-order valence-corrected chi connectivity index (χ2v) is 6.45. The maximum atomic E-state index is 9.08. The molecule has 1 saturated heterocycles. The van der Waals surface area contributed by atoms with Crippen molar-refractivity contribution >= 4 is 11.5 Å². The van der Waals surface area contributed by atoms with E-state index >= 15 is 0 Å². The molecule has 1 aromatic rings. The highest BCUT2D eigenvalue weighted by molar-refractivity contribution is 6.02. The van der Waals surface area contributed by atoms with E-state index in [9.17, 15) is 0 Å². The Hall–Kier alpha value is -1.71. The van der Waals surface area contributed by atoms with E-state index in [0.29, 0.717) is 6.04 Å². The molecule has 114 valence electrons. The van der Waals surface area contributed by atoms with Crippen LogP contribution in [-0.4, -0.2) is 23.6 Å². The predicted molar refractivity (Wildman–Crippen MR) is 86.0 cm³/mol. The third kappa shape index (κ3) is 2.71. The molecule has 1 saturated carbocycles. The van der Waals surface area contributed by atoms with Crippen molar-refractivity contribution in [1.29, 1.82) is 0 Å². The minimum atomic E-state index is 0.214. The molecule has 4 heteroatoms. The number of nitrogens with two attached hydrogens (primary N) is 1. The van der Waals surface area contributed by atoms with Gasteiger partial charge in [-0.2, -0.15) is 0 Å². The van der Waals surface area contributed by atoms with Gasteiger partial charge >= 0.3 is 0 Å². The SMILES string of the molecule is Cc1ccc(N2CCC[C@H]3CCCC[C@H]32)c(/C(N)=N/O)c1. The molecule has 1 aliphatic heterocycles. The number of amidine groups is 1. The Balaban J connectivity index is 1.98. The summed E-state index contributed by atoms with van der Waals surface area (Å²) in [7, 11) is 0. The van der Waals surface area contributed by atoms with E-state index in [-0.39, 0.29) is 5.84 Å². The second-order valence-electron chi connectivity index (χ2n) is 6.45. The van der Waals surface area contributed by atoms with Gasteiger partial charge in [-0.3, -0.25) is 0 Å². The van der Waals surface area contributed by atoms with E-state index in [1.54, 1.807) is 0 Å². The molecule has 0 unspecified atom stereocenters. The van der Waals surface area contributed by atoms with Crippen LogP contribution in [0.5, 0.6) is 0 Å². The van der Waals surface area contributed by atoms with E-state index < -0.39 is 0 Å². The Morgan fingerprint density at radius 3 is 2.81 bits per heavy atom. The molecule has 1 aromatic carbocycles. The van der Waals surface area contributed by atoms with Crippen LogP contribution in [0.25, 0.3) is 0 Å². The van der Waals surface area contributed by atoms with Crippen LogP contribution < -0.4 is 10.6 Å². The zero-order valence-electron chi connectivity index (χ0n) is 12.8. The first kappa shape index (κ1) is 14.2. The largest absolute Gasteiger partial charge is 0.409 e. The first-order valence-electron chi connectivity index (χ1n) is 8.06. The van der Waals surface area contributed by atoms with Crippen LogP contribution in [-0.2, 0) is 0 Å². The van der Waals surface area contributed by atoms with Gasteiger partial charge in [-0.25, -0.2) is 0 Å². The van der Waals surface area contributed by atoms with Crippen molar-refractivity contribution in [2.45, 2.75) is 51.5 Å². The fourth-order valence-electron chi connectivity index (χ4n) is 4.08. The van der Waals surface area contributed by atoms with Gasteiger partial charge in [-0.1, -0.05) is 29.6 Å². The maximum absolute atomic E-state index is 9.08. The summed E-state index contributed by atoms with van der Waals surface area (Å²) in [6, 6.07) is 6.91. The van der Waals surface area contributed by atoms with Crippen molar-refractivity contribution in [2.75, 3.05) is 11.4 Å². The van der Waals surface area contributed by atoms with Crippen LogP contribution in [0.4, 0.5) is 5.69 Å². The first-order valence-corrected chi connectivity index (χ1v) is 8.06. The van der Waals surface area contributed by atoms with Gasteiger partial charge in [-0.15, -0.1) is 0 Å². The fraction of sp³-hybridized carbons (Fsp3) is 0.588. The molecule has 0 radical (unpaired) electrons. The van der Waals surface area contributed by atoms with E-state index in [1.807, 2.05) is 13.0 Å². The normalized spacial score (nSPS) is 26.5. The maximum Gasteiger partial charge on any atom is 0.172 e. The van der Waals surface area contributed by atoms with Gasteiger partial charge in [0.1, 0.15) is 0 Å². The lowest BCUT2D eigenvalue weighted by Gasteiger charge is -2.46. The van der Waals surface area contributed by atoms with Crippen molar-refractivity contribution in [2.24, 2.45) is 16.8 Å². The monoisotopic (exact) mass is 287 g/mol. The highest BCUT2D eigenvalue weighted by Gasteiger charge is 2.34. The van der Waals surface area contributed by atoms with Gasteiger partial charge in [-0.05, 0) is 50.7 Å². The molecule has 0 spiro atoms. The van der Waals surface area contributed by atoms with Crippen molar-refractivity contribution < 1.29 is 5.21 Å². The van der Waals surface area contributed by atoms with E-state index in [4.69, 9.17) is 10.9 Å². The summed E-state index contributed by atoms with van der Waals surface area (Å²) < 4.78 is 0. The van der Waals surface area contributed by atoms with Gasteiger partial charge < -0.3 is 15.8 Å². The Kier molecular flexibility index (Phi) is 4.04. The van der Waals surface area contributed by atoms with Gasteiger partial charge in [0.15, 0.2) is 5.84 Å². The number of fused-ring (bicyclic) bond motifs is 1. The van der Waals surface area contributed by atoms with Crippen LogP contribution in [0.3, 0.4) is 0 Å². The predicted octanol–water partition coefficient (Wildman–Crippen LogP) is 3.25. The average molecular weight is 287 g/mol. The van der Waals surface area contributed by atoms with Gasteiger partial charge in [0.2, 0.25) is 0 Å². The summed E-state index contributed by atoms with van der Waals surface area (Å²) in [6.07, 6.45) is 7.91. The third-order valence-corrected chi connectivity index (χ3v) is 5.09. The van der Waals surface area contributed by atoms with Crippen LogP contribution in [0.15, 0.2) is 23.4 Å². The zero-order chi connectivity index (χ0) is 14.8. The number of oxime groups is 1. The van der Waals surface area contributed by atoms with Crippen molar-refractivity contribution in [3.05, 3.63) is 29.3 Å². The summed E-state index contributed by atoms with van der Waals surface area (Å²) in [4.78, 5) is 2.51. The van der Waals surface area contributed by atoms with Crippen molar-refractivity contribution in [3.8, 4) is 0 Å². The molecule has 3 rings (SSSR count). The highest BCUT2D eigenvalue weighted by Crippen LogP contribution is 2.38. The van der Waals surface area contributed by atoms with Gasteiger partial charge in [0, 0.05) is 23.8 Å². The Morgan fingerprint density at radius 2 is 2.00 bits per heavy atom. The van der Waals surface area contributed by atoms with Crippen molar-refractivity contribution in [3.63, 3.8) is 0 Å². The average Bonchev–Trinajstić information content (AvgIpc) is 2.53. The van der Waals surface area contributed by atoms with E-state index in [0.717, 1.165) is 29.3 Å². The van der Waals surface area contributed by atoms with Gasteiger partial charge in [0.25, 0.3) is 0 Å². The molecule has 3 N–H and O–H groups in total. The summed E-state index contributed by atoms with van der Waals surface area (Å²) in [6.45, 7) is 3.12. The molecular weight excluding hydrogens is 262 g/mol. The quantitative estimate of drug-likeness (QED) is 0.380. The molecule has 1 aliphatic carbocycles. The number of benzene rings is 1. The lowest BCUT2D eigenvalue weighted by Crippen LogP contribution is -2.47. The first-order chi connectivity index (χ1) is 10.2. The molecule has 21 heavy (non-hydrogen) atoms. The molecule has 0 bridgehead atoms. The molecule has 2 atom stereocenters. The number of rotatable bonds is 2. The lowest BCUT2D eigenvalue weighted by molar-refractivity contribution is 0.244. The Bertz CT molecular complexity index is 539. The van der Waals surface area contributed by atoms with Crippen LogP contribution >= 0.6 is 0 Å². The van der Waals surface area contributed by atoms with Gasteiger partial charge in [0.05, 0.1) is 0 Å².